The van der Waals surface area contributed by atoms with Crippen molar-refractivity contribution in [2.24, 2.45) is 0 Å². The van der Waals surface area contributed by atoms with Gasteiger partial charge in [-0.05, 0) is 33.4 Å². The molecule has 0 aliphatic heterocycles. The summed E-state index contributed by atoms with van der Waals surface area (Å²) in [5.41, 5.74) is 5.59. The van der Waals surface area contributed by atoms with E-state index in [4.69, 9.17) is 0 Å². The topological polar surface area (TPSA) is 17.3 Å². The van der Waals surface area contributed by atoms with E-state index >= 15 is 0 Å². The molecule has 0 saturated carbocycles. The summed E-state index contributed by atoms with van der Waals surface area (Å²) < 4.78 is 0. The first kappa shape index (κ1) is 17.5. The van der Waals surface area contributed by atoms with E-state index in [0.717, 1.165) is 6.42 Å². The monoisotopic (exact) mass is 260 g/mol. The molecule has 0 heterocycles. The minimum Gasteiger partial charge on any atom is -0.624 e. The van der Waals surface area contributed by atoms with Gasteiger partial charge in [0, 0.05) is 0 Å². The second-order valence-electron chi connectivity index (χ2n) is 4.39. The molecule has 0 N–H and O–H groups in total. The SMILES string of the molecule is CN(C)[N-]C1=CCCCC1.C[C-](C)C.[Zn+2]. The summed E-state index contributed by atoms with van der Waals surface area (Å²) in [4.78, 5) is 0. The molecule has 0 saturated heterocycles. The molecule has 0 bridgehead atoms. The largest absolute Gasteiger partial charge is 2.00 e. The van der Waals surface area contributed by atoms with Gasteiger partial charge in [0.15, 0.2) is 0 Å². The number of nitrogens with zero attached hydrogens (tertiary/aromatic N) is 2. The van der Waals surface area contributed by atoms with Gasteiger partial charge in [0.2, 0.25) is 0 Å². The number of rotatable bonds is 2. The van der Waals surface area contributed by atoms with Gasteiger partial charge in [-0.25, -0.2) is 0 Å². The number of allylic oxidation sites excluding steroid dienone is 2. The molecule has 0 fully saturated rings. The molecular formula is C12H24N2Zn. The average molecular weight is 262 g/mol. The molecule has 15 heavy (non-hydrogen) atoms. The van der Waals surface area contributed by atoms with Gasteiger partial charge in [0.25, 0.3) is 0 Å². The van der Waals surface area contributed by atoms with E-state index in [2.05, 4.69) is 32.3 Å². The Morgan fingerprint density at radius 3 is 2.07 bits per heavy atom. The molecule has 0 aromatic rings. The Kier molecular flexibility index (Phi) is 12.4. The number of hydrogen-bond donors (Lipinski definition) is 0. The Balaban J connectivity index is 0. The van der Waals surface area contributed by atoms with Crippen LogP contribution in [0.4, 0.5) is 0 Å². The second kappa shape index (κ2) is 10.6. The summed E-state index contributed by atoms with van der Waals surface area (Å²) in [6.45, 7) is 6.25. The first-order valence-electron chi connectivity index (χ1n) is 5.37. The molecule has 3 heteroatoms. The zero-order valence-electron chi connectivity index (χ0n) is 11.0. The van der Waals surface area contributed by atoms with E-state index in [1.807, 2.05) is 19.1 Å². The minimum absolute atomic E-state index is 0. The van der Waals surface area contributed by atoms with E-state index in [9.17, 15) is 0 Å². The van der Waals surface area contributed by atoms with Crippen molar-refractivity contribution in [3.05, 3.63) is 23.1 Å². The molecule has 0 spiro atoms. The molecule has 1 aliphatic rings. The van der Waals surface area contributed by atoms with Crippen LogP contribution in [-0.2, 0) is 19.5 Å². The summed E-state index contributed by atoms with van der Waals surface area (Å²) in [5, 5.41) is 1.87. The second-order valence-corrected chi connectivity index (χ2v) is 4.39. The molecule has 1 rings (SSSR count). The molecule has 0 amide bonds. The average Bonchev–Trinajstić information content (AvgIpc) is 2.03. The van der Waals surface area contributed by atoms with Crippen LogP contribution in [-0.4, -0.2) is 19.1 Å². The fourth-order valence-electron chi connectivity index (χ4n) is 1.17. The van der Waals surface area contributed by atoms with E-state index in [-0.39, 0.29) is 19.5 Å². The quantitative estimate of drug-likeness (QED) is 0.418. The Hall–Kier alpha value is 0.123. The Morgan fingerprint density at radius 2 is 1.73 bits per heavy atom. The van der Waals surface area contributed by atoms with Crippen LogP contribution in [0.25, 0.3) is 5.43 Å². The Labute approximate surface area is 108 Å². The zero-order chi connectivity index (χ0) is 11.0. The third-order valence-corrected chi connectivity index (χ3v) is 1.60. The summed E-state index contributed by atoms with van der Waals surface area (Å²) in [7, 11) is 3.94. The third-order valence-electron chi connectivity index (χ3n) is 1.60. The fourth-order valence-corrected chi connectivity index (χ4v) is 1.17. The zero-order valence-corrected chi connectivity index (χ0v) is 14.0. The maximum Gasteiger partial charge on any atom is 2.00 e. The Bertz CT molecular complexity index is 162. The van der Waals surface area contributed by atoms with Gasteiger partial charge in [-0.15, -0.1) is 6.08 Å². The van der Waals surface area contributed by atoms with Crippen molar-refractivity contribution in [2.45, 2.75) is 46.5 Å². The van der Waals surface area contributed by atoms with Gasteiger partial charge in [0.1, 0.15) is 0 Å². The van der Waals surface area contributed by atoms with Crippen molar-refractivity contribution >= 4 is 0 Å². The molecule has 0 radical (unpaired) electrons. The van der Waals surface area contributed by atoms with Gasteiger partial charge in [-0.1, -0.05) is 6.42 Å². The van der Waals surface area contributed by atoms with Crippen molar-refractivity contribution in [1.29, 1.82) is 0 Å². The van der Waals surface area contributed by atoms with E-state index in [1.165, 1.54) is 30.9 Å². The minimum atomic E-state index is 0. The first-order valence-corrected chi connectivity index (χ1v) is 5.37. The van der Waals surface area contributed by atoms with Gasteiger partial charge in [-0.2, -0.15) is 26.5 Å². The predicted molar refractivity (Wildman–Crippen MR) is 63.9 cm³/mol. The van der Waals surface area contributed by atoms with Crippen molar-refractivity contribution in [2.75, 3.05) is 14.1 Å². The maximum absolute atomic E-state index is 4.33. The van der Waals surface area contributed by atoms with Gasteiger partial charge in [0.05, 0.1) is 0 Å². The van der Waals surface area contributed by atoms with Crippen LogP contribution in [0.3, 0.4) is 0 Å². The molecule has 0 atom stereocenters. The van der Waals surface area contributed by atoms with E-state index in [1.54, 1.807) is 0 Å². The molecule has 84 valence electrons. The van der Waals surface area contributed by atoms with Crippen LogP contribution in [0.15, 0.2) is 11.8 Å². The summed E-state index contributed by atoms with van der Waals surface area (Å²) in [6.07, 6.45) is 7.27. The fraction of sp³-hybridized carbons (Fsp3) is 0.750. The predicted octanol–water partition coefficient (Wildman–Crippen LogP) is 3.91. The van der Waals surface area contributed by atoms with Crippen LogP contribution in [0.2, 0.25) is 0 Å². The van der Waals surface area contributed by atoms with Crippen molar-refractivity contribution < 1.29 is 19.5 Å². The third kappa shape index (κ3) is 14.1. The van der Waals surface area contributed by atoms with Crippen LogP contribution < -0.4 is 0 Å². The van der Waals surface area contributed by atoms with E-state index < -0.39 is 0 Å². The molecule has 0 aromatic carbocycles. The Morgan fingerprint density at radius 1 is 1.20 bits per heavy atom. The molecule has 0 aromatic heterocycles. The van der Waals surface area contributed by atoms with Crippen LogP contribution in [0.1, 0.15) is 46.5 Å². The molecule has 2 nitrogen and oxygen atoms in total. The summed E-state index contributed by atoms with van der Waals surface area (Å²) in [5.74, 6) is 1.42. The van der Waals surface area contributed by atoms with Gasteiger partial charge >= 0.3 is 19.5 Å². The van der Waals surface area contributed by atoms with Crippen LogP contribution >= 0.6 is 0 Å². The van der Waals surface area contributed by atoms with E-state index in [0.29, 0.717) is 0 Å². The standard InChI is InChI=1S/C8H15N2.C4H9.Zn/c1-10(2)9-8-6-4-3-5-7-8;1-4(2)3;/h6H,3-5,7H2,1-2H3;1-3H3;/q2*-1;+2. The first-order chi connectivity index (χ1) is 6.52. The number of hydrogen-bond acceptors (Lipinski definition) is 1. The van der Waals surface area contributed by atoms with Crippen LogP contribution in [0.5, 0.6) is 0 Å². The maximum atomic E-state index is 4.33. The van der Waals surface area contributed by atoms with Crippen molar-refractivity contribution in [1.82, 2.24) is 5.01 Å². The summed E-state index contributed by atoms with van der Waals surface area (Å²) in [6, 6.07) is 0. The smallest absolute Gasteiger partial charge is 0.624 e. The van der Waals surface area contributed by atoms with Crippen molar-refractivity contribution in [3.8, 4) is 0 Å². The van der Waals surface area contributed by atoms with Crippen molar-refractivity contribution in [3.63, 3.8) is 0 Å². The van der Waals surface area contributed by atoms with Gasteiger partial charge < -0.3 is 16.4 Å². The molecular weight excluding hydrogens is 238 g/mol. The van der Waals surface area contributed by atoms with Crippen LogP contribution in [0, 0.1) is 5.92 Å². The summed E-state index contributed by atoms with van der Waals surface area (Å²) >= 11 is 0. The normalized spacial score (nSPS) is 15.0. The molecule has 1 aliphatic carbocycles. The van der Waals surface area contributed by atoms with Gasteiger partial charge in [-0.3, -0.25) is 0 Å². The molecule has 0 unspecified atom stereocenters.